The second-order valence-electron chi connectivity index (χ2n) is 3.54. The molecule has 0 saturated carbocycles. The number of nitrogens with two attached hydrogens (primary N) is 1. The third-order valence-electron chi connectivity index (χ3n) is 1.69. The van der Waals surface area contributed by atoms with Crippen LogP contribution in [0.5, 0.6) is 5.88 Å². The van der Waals surface area contributed by atoms with Crippen LogP contribution in [0.3, 0.4) is 0 Å². The first-order valence-corrected chi connectivity index (χ1v) is 5.74. The van der Waals surface area contributed by atoms with Crippen molar-refractivity contribution in [1.82, 2.24) is 19.6 Å². The van der Waals surface area contributed by atoms with Crippen LogP contribution in [0.4, 0.5) is 5.82 Å². The monoisotopic (exact) mass is 237 g/mol. The standard InChI is InChI=1S/C8H11N5O.C3H8/c1-3-14-8-7-10-5(2)12-13(7)4-6(9)11-8;1-3-2/h4H,3,9H2,1-2H3;3H2,1-2H3. The van der Waals surface area contributed by atoms with Gasteiger partial charge in [0.15, 0.2) is 0 Å². The first-order chi connectivity index (χ1) is 8.12. The Morgan fingerprint density at radius 2 is 1.94 bits per heavy atom. The fourth-order valence-electron chi connectivity index (χ4n) is 1.22. The lowest BCUT2D eigenvalue weighted by atomic mass is 10.6. The summed E-state index contributed by atoms with van der Waals surface area (Å²) < 4.78 is 6.87. The molecule has 17 heavy (non-hydrogen) atoms. The first-order valence-electron chi connectivity index (χ1n) is 5.74. The zero-order valence-corrected chi connectivity index (χ0v) is 10.8. The molecule has 0 radical (unpaired) electrons. The van der Waals surface area contributed by atoms with Gasteiger partial charge in [0.1, 0.15) is 11.6 Å². The molecule has 2 rings (SSSR count). The molecule has 0 aliphatic carbocycles. The van der Waals surface area contributed by atoms with Gasteiger partial charge in [-0.05, 0) is 13.8 Å². The van der Waals surface area contributed by atoms with E-state index in [2.05, 4.69) is 28.9 Å². The Kier molecular flexibility index (Phi) is 4.68. The lowest BCUT2D eigenvalue weighted by Gasteiger charge is -2.03. The third-order valence-corrected chi connectivity index (χ3v) is 1.69. The Hall–Kier alpha value is -1.85. The molecule has 0 spiro atoms. The van der Waals surface area contributed by atoms with Gasteiger partial charge in [-0.3, -0.25) is 0 Å². The summed E-state index contributed by atoms with van der Waals surface area (Å²) in [5.41, 5.74) is 6.18. The summed E-state index contributed by atoms with van der Waals surface area (Å²) in [6.45, 7) is 8.46. The number of aryl methyl sites for hydroxylation is 1. The number of aromatic nitrogens is 4. The number of nitrogens with zero attached hydrogens (tertiary/aromatic N) is 4. The molecule has 2 heterocycles. The van der Waals surface area contributed by atoms with Crippen LogP contribution >= 0.6 is 0 Å². The van der Waals surface area contributed by atoms with Crippen molar-refractivity contribution in [3.63, 3.8) is 0 Å². The van der Waals surface area contributed by atoms with Crippen molar-refractivity contribution >= 4 is 11.5 Å². The molecule has 0 saturated heterocycles. The van der Waals surface area contributed by atoms with Crippen LogP contribution in [-0.2, 0) is 0 Å². The van der Waals surface area contributed by atoms with E-state index in [4.69, 9.17) is 10.5 Å². The maximum atomic E-state index is 5.58. The number of ether oxygens (including phenoxy) is 1. The molecule has 0 fully saturated rings. The van der Waals surface area contributed by atoms with Crippen LogP contribution < -0.4 is 10.5 Å². The molecule has 0 unspecified atom stereocenters. The van der Waals surface area contributed by atoms with Gasteiger partial charge in [-0.2, -0.15) is 10.1 Å². The maximum absolute atomic E-state index is 5.58. The van der Waals surface area contributed by atoms with Crippen LogP contribution in [0.1, 0.15) is 33.0 Å². The zero-order valence-electron chi connectivity index (χ0n) is 10.8. The summed E-state index contributed by atoms with van der Waals surface area (Å²) in [6.07, 6.45) is 2.86. The van der Waals surface area contributed by atoms with Gasteiger partial charge >= 0.3 is 0 Å². The second-order valence-corrected chi connectivity index (χ2v) is 3.54. The van der Waals surface area contributed by atoms with E-state index < -0.39 is 0 Å². The molecule has 0 aliphatic heterocycles. The summed E-state index contributed by atoms with van der Waals surface area (Å²) in [6, 6.07) is 0. The number of hydrogen-bond acceptors (Lipinski definition) is 5. The summed E-state index contributed by atoms with van der Waals surface area (Å²) in [4.78, 5) is 8.22. The smallest absolute Gasteiger partial charge is 0.261 e. The summed E-state index contributed by atoms with van der Waals surface area (Å²) in [5, 5.41) is 4.12. The van der Waals surface area contributed by atoms with Gasteiger partial charge in [-0.25, -0.2) is 9.50 Å². The lowest BCUT2D eigenvalue weighted by molar-refractivity contribution is 0.329. The van der Waals surface area contributed by atoms with Crippen LogP contribution in [0, 0.1) is 6.92 Å². The molecular formula is C11H19N5O. The summed E-state index contributed by atoms with van der Waals surface area (Å²) in [5.74, 6) is 1.46. The highest BCUT2D eigenvalue weighted by molar-refractivity contribution is 5.51. The van der Waals surface area contributed by atoms with Crippen molar-refractivity contribution < 1.29 is 4.74 Å². The topological polar surface area (TPSA) is 78.3 Å². The number of hydrogen-bond donors (Lipinski definition) is 1. The fraction of sp³-hybridized carbons (Fsp3) is 0.545. The second kappa shape index (κ2) is 6.03. The van der Waals surface area contributed by atoms with Crippen LogP contribution in [-0.4, -0.2) is 26.2 Å². The van der Waals surface area contributed by atoms with E-state index in [1.807, 2.05) is 6.92 Å². The van der Waals surface area contributed by atoms with Gasteiger partial charge in [0.2, 0.25) is 5.65 Å². The highest BCUT2D eigenvalue weighted by atomic mass is 16.5. The SMILES string of the molecule is CCC.CCOc1nc(N)cn2nc(C)nc12. The highest BCUT2D eigenvalue weighted by Gasteiger charge is 2.09. The van der Waals surface area contributed by atoms with E-state index in [0.29, 0.717) is 29.8 Å². The predicted octanol–water partition coefficient (Wildman–Crippen LogP) is 1.83. The maximum Gasteiger partial charge on any atom is 0.261 e. The number of anilines is 1. The largest absolute Gasteiger partial charge is 0.475 e. The lowest BCUT2D eigenvalue weighted by Crippen LogP contribution is -2.02. The molecule has 0 aromatic carbocycles. The van der Waals surface area contributed by atoms with E-state index in [1.54, 1.807) is 17.6 Å². The van der Waals surface area contributed by atoms with Crippen LogP contribution in [0.15, 0.2) is 6.20 Å². The Morgan fingerprint density at radius 3 is 2.53 bits per heavy atom. The zero-order chi connectivity index (χ0) is 12.8. The Labute approximate surface area is 101 Å². The van der Waals surface area contributed by atoms with Gasteiger partial charge in [-0.15, -0.1) is 0 Å². The van der Waals surface area contributed by atoms with Gasteiger partial charge in [-0.1, -0.05) is 20.3 Å². The first kappa shape index (κ1) is 13.2. The molecule has 2 aromatic heterocycles. The minimum atomic E-state index is 0.367. The molecule has 6 heteroatoms. The molecule has 0 amide bonds. The molecule has 2 aromatic rings. The summed E-state index contributed by atoms with van der Waals surface area (Å²) >= 11 is 0. The van der Waals surface area contributed by atoms with E-state index in [-0.39, 0.29) is 0 Å². The Balaban J connectivity index is 0.000000437. The van der Waals surface area contributed by atoms with Crippen LogP contribution in [0.2, 0.25) is 0 Å². The Bertz CT molecular complexity index is 480. The molecule has 2 N–H and O–H groups in total. The number of nitrogen functional groups attached to an aromatic ring is 1. The van der Waals surface area contributed by atoms with E-state index in [9.17, 15) is 0 Å². The van der Waals surface area contributed by atoms with Crippen molar-refractivity contribution in [3.05, 3.63) is 12.0 Å². The average Bonchev–Trinajstić information content (AvgIpc) is 2.60. The van der Waals surface area contributed by atoms with E-state index in [0.717, 1.165) is 0 Å². The van der Waals surface area contributed by atoms with Gasteiger partial charge in [0, 0.05) is 0 Å². The molecule has 6 nitrogen and oxygen atoms in total. The normalized spacial score (nSPS) is 9.88. The van der Waals surface area contributed by atoms with Crippen molar-refractivity contribution in [1.29, 1.82) is 0 Å². The van der Waals surface area contributed by atoms with Crippen molar-refractivity contribution in [2.75, 3.05) is 12.3 Å². The number of rotatable bonds is 2. The van der Waals surface area contributed by atoms with E-state index in [1.165, 1.54) is 6.42 Å². The van der Waals surface area contributed by atoms with E-state index >= 15 is 0 Å². The van der Waals surface area contributed by atoms with Crippen LogP contribution in [0.25, 0.3) is 5.65 Å². The number of fused-ring (bicyclic) bond motifs is 1. The van der Waals surface area contributed by atoms with Crippen molar-refractivity contribution in [3.8, 4) is 5.88 Å². The Morgan fingerprint density at radius 1 is 1.29 bits per heavy atom. The quantitative estimate of drug-likeness (QED) is 0.862. The molecule has 0 aliphatic rings. The minimum Gasteiger partial charge on any atom is -0.475 e. The van der Waals surface area contributed by atoms with Crippen molar-refractivity contribution in [2.24, 2.45) is 0 Å². The summed E-state index contributed by atoms with van der Waals surface area (Å²) in [7, 11) is 0. The molecule has 0 bridgehead atoms. The highest BCUT2D eigenvalue weighted by Crippen LogP contribution is 2.16. The molecule has 94 valence electrons. The third kappa shape index (κ3) is 3.30. The van der Waals surface area contributed by atoms with Crippen molar-refractivity contribution in [2.45, 2.75) is 34.1 Å². The fourth-order valence-corrected chi connectivity index (χ4v) is 1.22. The minimum absolute atomic E-state index is 0.367. The van der Waals surface area contributed by atoms with Gasteiger partial charge < -0.3 is 10.5 Å². The van der Waals surface area contributed by atoms with Gasteiger partial charge in [0.25, 0.3) is 5.88 Å². The van der Waals surface area contributed by atoms with Gasteiger partial charge in [0.05, 0.1) is 12.8 Å². The predicted molar refractivity (Wildman–Crippen MR) is 67.1 cm³/mol. The average molecular weight is 237 g/mol. The molecule has 0 atom stereocenters. The molecular weight excluding hydrogens is 218 g/mol.